The summed E-state index contributed by atoms with van der Waals surface area (Å²) in [6.45, 7) is 1.63. The molecule has 0 aromatic rings. The molecule has 0 saturated carbocycles. The van der Waals surface area contributed by atoms with Gasteiger partial charge in [-0.05, 0) is 12.8 Å². The number of carbonyl (C=O) groups excluding carboxylic acids is 1. The number of nitrogens with two attached hydrogens (primary N) is 1. The number of hydrogen-bond donors (Lipinski definition) is 4. The van der Waals surface area contributed by atoms with Crippen molar-refractivity contribution < 1.29 is 24.6 Å². The SMILES string of the molecule is CC[C@H](NC(=O)CCC(N)C(=O)O)C(=O)O. The number of carboxylic acid groups (broad SMARTS) is 2. The highest BCUT2D eigenvalue weighted by molar-refractivity contribution is 5.84. The van der Waals surface area contributed by atoms with Crippen LogP contribution in [0.15, 0.2) is 0 Å². The Morgan fingerprint density at radius 2 is 1.81 bits per heavy atom. The monoisotopic (exact) mass is 232 g/mol. The van der Waals surface area contributed by atoms with Crippen molar-refractivity contribution in [2.24, 2.45) is 5.73 Å². The van der Waals surface area contributed by atoms with E-state index in [0.717, 1.165) is 0 Å². The van der Waals surface area contributed by atoms with E-state index in [9.17, 15) is 14.4 Å². The number of hydrogen-bond acceptors (Lipinski definition) is 4. The van der Waals surface area contributed by atoms with Crippen LogP contribution in [0.1, 0.15) is 26.2 Å². The summed E-state index contributed by atoms with van der Waals surface area (Å²) < 4.78 is 0. The van der Waals surface area contributed by atoms with Crippen molar-refractivity contribution in [3.63, 3.8) is 0 Å². The number of carbonyl (C=O) groups is 3. The van der Waals surface area contributed by atoms with Crippen molar-refractivity contribution in [2.75, 3.05) is 0 Å². The Hall–Kier alpha value is -1.63. The Morgan fingerprint density at radius 3 is 2.19 bits per heavy atom. The lowest BCUT2D eigenvalue weighted by Gasteiger charge is -2.12. The van der Waals surface area contributed by atoms with Gasteiger partial charge in [0.15, 0.2) is 0 Å². The van der Waals surface area contributed by atoms with Gasteiger partial charge in [-0.3, -0.25) is 9.59 Å². The molecule has 0 rings (SSSR count). The zero-order chi connectivity index (χ0) is 12.7. The molecule has 0 aromatic carbocycles. The molecular weight excluding hydrogens is 216 g/mol. The molecule has 5 N–H and O–H groups in total. The van der Waals surface area contributed by atoms with Gasteiger partial charge in [-0.1, -0.05) is 6.92 Å². The summed E-state index contributed by atoms with van der Waals surface area (Å²) >= 11 is 0. The quantitative estimate of drug-likeness (QED) is 0.452. The van der Waals surface area contributed by atoms with E-state index < -0.39 is 29.9 Å². The summed E-state index contributed by atoms with van der Waals surface area (Å²) in [6, 6.07) is -2.04. The highest BCUT2D eigenvalue weighted by Gasteiger charge is 2.19. The molecule has 0 aliphatic rings. The van der Waals surface area contributed by atoms with E-state index in [1.165, 1.54) is 0 Å². The highest BCUT2D eigenvalue weighted by Crippen LogP contribution is 1.97. The lowest BCUT2D eigenvalue weighted by molar-refractivity contribution is -0.142. The van der Waals surface area contributed by atoms with Gasteiger partial charge in [0, 0.05) is 6.42 Å². The molecule has 0 aromatic heterocycles. The van der Waals surface area contributed by atoms with Crippen molar-refractivity contribution in [2.45, 2.75) is 38.3 Å². The smallest absolute Gasteiger partial charge is 0.326 e. The van der Waals surface area contributed by atoms with Gasteiger partial charge in [0.25, 0.3) is 0 Å². The number of rotatable bonds is 7. The summed E-state index contributed by atoms with van der Waals surface area (Å²) in [5, 5.41) is 19.4. The average Bonchev–Trinajstić information content (AvgIpc) is 2.21. The predicted octanol–water partition coefficient (Wildman–Crippen LogP) is -0.842. The number of nitrogens with one attached hydrogen (secondary N) is 1. The largest absolute Gasteiger partial charge is 0.480 e. The van der Waals surface area contributed by atoms with Crippen LogP contribution in [0.3, 0.4) is 0 Å². The van der Waals surface area contributed by atoms with E-state index in [1.807, 2.05) is 0 Å². The molecule has 16 heavy (non-hydrogen) atoms. The molecule has 1 unspecified atom stereocenters. The van der Waals surface area contributed by atoms with Crippen LogP contribution in [0.4, 0.5) is 0 Å². The second-order valence-electron chi connectivity index (χ2n) is 3.35. The van der Waals surface area contributed by atoms with E-state index in [1.54, 1.807) is 6.92 Å². The van der Waals surface area contributed by atoms with Gasteiger partial charge in [0.2, 0.25) is 5.91 Å². The van der Waals surface area contributed by atoms with Crippen LogP contribution in [0.5, 0.6) is 0 Å². The molecule has 2 atom stereocenters. The van der Waals surface area contributed by atoms with Crippen molar-refractivity contribution in [3.8, 4) is 0 Å². The van der Waals surface area contributed by atoms with Gasteiger partial charge in [0.05, 0.1) is 0 Å². The van der Waals surface area contributed by atoms with Crippen LogP contribution in [-0.2, 0) is 14.4 Å². The Kier molecular flexibility index (Phi) is 6.09. The van der Waals surface area contributed by atoms with Gasteiger partial charge in [-0.15, -0.1) is 0 Å². The van der Waals surface area contributed by atoms with Crippen molar-refractivity contribution in [1.82, 2.24) is 5.32 Å². The summed E-state index contributed by atoms with van der Waals surface area (Å²) in [5.41, 5.74) is 5.19. The van der Waals surface area contributed by atoms with E-state index in [-0.39, 0.29) is 19.3 Å². The van der Waals surface area contributed by atoms with Crippen LogP contribution < -0.4 is 11.1 Å². The zero-order valence-corrected chi connectivity index (χ0v) is 8.97. The number of carboxylic acids is 2. The van der Waals surface area contributed by atoms with Crippen molar-refractivity contribution >= 4 is 17.8 Å². The van der Waals surface area contributed by atoms with E-state index >= 15 is 0 Å². The van der Waals surface area contributed by atoms with Crippen LogP contribution in [0, 0.1) is 0 Å². The molecule has 0 bridgehead atoms. The molecule has 0 spiro atoms. The average molecular weight is 232 g/mol. The van der Waals surface area contributed by atoms with Crippen LogP contribution in [-0.4, -0.2) is 40.1 Å². The van der Waals surface area contributed by atoms with Crippen LogP contribution in [0.25, 0.3) is 0 Å². The van der Waals surface area contributed by atoms with Gasteiger partial charge >= 0.3 is 11.9 Å². The molecule has 7 heteroatoms. The first-order valence-corrected chi connectivity index (χ1v) is 4.89. The van der Waals surface area contributed by atoms with E-state index in [2.05, 4.69) is 5.32 Å². The van der Waals surface area contributed by atoms with E-state index in [4.69, 9.17) is 15.9 Å². The topological polar surface area (TPSA) is 130 Å². The zero-order valence-electron chi connectivity index (χ0n) is 8.97. The van der Waals surface area contributed by atoms with Crippen LogP contribution >= 0.6 is 0 Å². The highest BCUT2D eigenvalue weighted by atomic mass is 16.4. The fraction of sp³-hybridized carbons (Fsp3) is 0.667. The molecule has 0 aliphatic heterocycles. The molecule has 0 saturated heterocycles. The third kappa shape index (κ3) is 5.30. The van der Waals surface area contributed by atoms with E-state index in [0.29, 0.717) is 0 Å². The first-order chi connectivity index (χ1) is 7.38. The standard InChI is InChI=1S/C9H16N2O5/c1-2-6(9(15)16)11-7(12)4-3-5(10)8(13)14/h5-6H,2-4,10H2,1H3,(H,11,12)(H,13,14)(H,15,16)/t5?,6-/m0/s1. The fourth-order valence-corrected chi connectivity index (χ4v) is 1.01. The molecule has 1 amide bonds. The van der Waals surface area contributed by atoms with Gasteiger partial charge in [-0.25, -0.2) is 4.79 Å². The third-order valence-corrected chi connectivity index (χ3v) is 2.04. The van der Waals surface area contributed by atoms with Crippen LogP contribution in [0.2, 0.25) is 0 Å². The second kappa shape index (κ2) is 6.78. The minimum atomic E-state index is -1.18. The summed E-state index contributed by atoms with van der Waals surface area (Å²) in [6.07, 6.45) is 0.153. The van der Waals surface area contributed by atoms with Gasteiger partial charge in [0.1, 0.15) is 12.1 Å². The minimum Gasteiger partial charge on any atom is -0.480 e. The normalized spacial score (nSPS) is 13.9. The van der Waals surface area contributed by atoms with Crippen molar-refractivity contribution in [3.05, 3.63) is 0 Å². The first kappa shape index (κ1) is 14.4. The Balaban J connectivity index is 3.99. The minimum absolute atomic E-state index is 0.0166. The Labute approximate surface area is 92.6 Å². The Bertz CT molecular complexity index is 279. The van der Waals surface area contributed by atoms with Gasteiger partial charge < -0.3 is 21.3 Å². The third-order valence-electron chi connectivity index (χ3n) is 2.04. The maximum Gasteiger partial charge on any atom is 0.326 e. The predicted molar refractivity (Wildman–Crippen MR) is 54.7 cm³/mol. The number of aliphatic carboxylic acids is 2. The van der Waals surface area contributed by atoms with Gasteiger partial charge in [-0.2, -0.15) is 0 Å². The maximum atomic E-state index is 11.2. The first-order valence-electron chi connectivity index (χ1n) is 4.89. The van der Waals surface area contributed by atoms with Crippen molar-refractivity contribution in [1.29, 1.82) is 0 Å². The summed E-state index contributed by atoms with van der Waals surface area (Å²) in [4.78, 5) is 32.1. The molecule has 0 fully saturated rings. The molecule has 0 aliphatic carbocycles. The number of amides is 1. The molecule has 0 radical (unpaired) electrons. The summed E-state index contributed by atoms with van der Waals surface area (Å²) in [7, 11) is 0. The Morgan fingerprint density at radius 1 is 1.25 bits per heavy atom. The molecule has 92 valence electrons. The molecular formula is C9H16N2O5. The lowest BCUT2D eigenvalue weighted by Crippen LogP contribution is -2.41. The molecule has 7 nitrogen and oxygen atoms in total. The fourth-order valence-electron chi connectivity index (χ4n) is 1.01. The lowest BCUT2D eigenvalue weighted by atomic mass is 10.1. The molecule has 0 heterocycles. The summed E-state index contributed by atoms with van der Waals surface area (Å²) in [5.74, 6) is -2.80. The second-order valence-corrected chi connectivity index (χ2v) is 3.35. The maximum absolute atomic E-state index is 11.2.